The molecule has 1 unspecified atom stereocenters. The third kappa shape index (κ3) is 3.00. The molecule has 1 aromatic heterocycles. The highest BCUT2D eigenvalue weighted by Gasteiger charge is 2.26. The second kappa shape index (κ2) is 7.18. The standard InChI is InChI=1S/C19H18FN5O3/c1-26-16-8-12(9-17(27-2)18(16)28-3)15-10-14(11-4-6-13(20)7-5-11)21-19-22-23-24-25(15)19/h4-10,15H,1-3H3,(H,21,22,24). The Morgan fingerprint density at radius 3 is 2.29 bits per heavy atom. The summed E-state index contributed by atoms with van der Waals surface area (Å²) in [6.07, 6.45) is 1.96. The third-order valence-corrected chi connectivity index (χ3v) is 4.51. The van der Waals surface area contributed by atoms with Gasteiger partial charge in [-0.25, -0.2) is 4.39 Å². The smallest absolute Gasteiger partial charge is 0.248 e. The second-order valence-corrected chi connectivity index (χ2v) is 6.06. The molecule has 2 heterocycles. The van der Waals surface area contributed by atoms with E-state index in [9.17, 15) is 4.39 Å². The van der Waals surface area contributed by atoms with Gasteiger partial charge in [0.25, 0.3) is 0 Å². The van der Waals surface area contributed by atoms with Gasteiger partial charge >= 0.3 is 0 Å². The number of nitrogens with zero attached hydrogens (tertiary/aromatic N) is 4. The fourth-order valence-electron chi connectivity index (χ4n) is 3.16. The maximum atomic E-state index is 13.3. The number of tetrazole rings is 1. The molecule has 3 aromatic rings. The first kappa shape index (κ1) is 17.8. The van der Waals surface area contributed by atoms with Gasteiger partial charge in [0.15, 0.2) is 11.5 Å². The predicted molar refractivity (Wildman–Crippen MR) is 100 cm³/mol. The van der Waals surface area contributed by atoms with E-state index in [4.69, 9.17) is 14.2 Å². The molecular formula is C19H18FN5O3. The topological polar surface area (TPSA) is 83.3 Å². The summed E-state index contributed by atoms with van der Waals surface area (Å²) in [5, 5.41) is 15.1. The van der Waals surface area contributed by atoms with Gasteiger partial charge in [-0.05, 0) is 64.0 Å². The van der Waals surface area contributed by atoms with E-state index in [0.717, 1.165) is 16.8 Å². The number of fused-ring (bicyclic) bond motifs is 1. The summed E-state index contributed by atoms with van der Waals surface area (Å²) in [5.41, 5.74) is 2.42. The summed E-state index contributed by atoms with van der Waals surface area (Å²) in [4.78, 5) is 0. The zero-order valence-corrected chi connectivity index (χ0v) is 15.5. The Morgan fingerprint density at radius 2 is 1.68 bits per heavy atom. The number of halogens is 1. The van der Waals surface area contributed by atoms with Gasteiger partial charge in [-0.3, -0.25) is 0 Å². The minimum absolute atomic E-state index is 0.300. The van der Waals surface area contributed by atoms with Crippen LogP contribution in [0.4, 0.5) is 10.3 Å². The van der Waals surface area contributed by atoms with E-state index < -0.39 is 0 Å². The quantitative estimate of drug-likeness (QED) is 0.725. The lowest BCUT2D eigenvalue weighted by atomic mass is 10.0. The highest BCUT2D eigenvalue weighted by molar-refractivity contribution is 5.77. The molecule has 1 N–H and O–H groups in total. The van der Waals surface area contributed by atoms with Gasteiger partial charge in [0.1, 0.15) is 11.9 Å². The molecule has 0 radical (unpaired) electrons. The Hall–Kier alpha value is -3.62. The minimum Gasteiger partial charge on any atom is -0.493 e. The highest BCUT2D eigenvalue weighted by atomic mass is 19.1. The van der Waals surface area contributed by atoms with Gasteiger partial charge in [0, 0.05) is 5.70 Å². The molecule has 0 saturated carbocycles. The number of allylic oxidation sites excluding steroid dienone is 1. The van der Waals surface area contributed by atoms with Crippen LogP contribution in [0, 0.1) is 5.82 Å². The average Bonchev–Trinajstić information content (AvgIpc) is 3.21. The maximum Gasteiger partial charge on any atom is 0.248 e. The minimum atomic E-state index is -0.333. The molecule has 1 atom stereocenters. The molecule has 28 heavy (non-hydrogen) atoms. The monoisotopic (exact) mass is 383 g/mol. The SMILES string of the molecule is COc1cc(C2C=C(c3ccc(F)cc3)Nc3nnnn32)cc(OC)c1OC. The Labute approximate surface area is 160 Å². The van der Waals surface area contributed by atoms with E-state index in [1.165, 1.54) is 12.1 Å². The van der Waals surface area contributed by atoms with E-state index in [1.807, 2.05) is 18.2 Å². The number of methoxy groups -OCH3 is 3. The van der Waals surface area contributed by atoms with Gasteiger partial charge in [-0.1, -0.05) is 5.10 Å². The highest BCUT2D eigenvalue weighted by Crippen LogP contribution is 2.42. The van der Waals surface area contributed by atoms with Crippen LogP contribution in [0.3, 0.4) is 0 Å². The van der Waals surface area contributed by atoms with Crippen LogP contribution in [-0.2, 0) is 0 Å². The summed E-state index contributed by atoms with van der Waals surface area (Å²) >= 11 is 0. The average molecular weight is 383 g/mol. The van der Waals surface area contributed by atoms with Crippen LogP contribution in [-0.4, -0.2) is 41.5 Å². The zero-order chi connectivity index (χ0) is 19.7. The summed E-state index contributed by atoms with van der Waals surface area (Å²) in [6.45, 7) is 0. The molecular weight excluding hydrogens is 365 g/mol. The molecule has 1 aliphatic rings. The van der Waals surface area contributed by atoms with E-state index in [2.05, 4.69) is 20.8 Å². The Morgan fingerprint density at radius 1 is 1.00 bits per heavy atom. The lowest BCUT2D eigenvalue weighted by Crippen LogP contribution is -2.20. The van der Waals surface area contributed by atoms with Gasteiger partial charge in [0.05, 0.1) is 21.3 Å². The molecule has 0 saturated heterocycles. The first-order valence-electron chi connectivity index (χ1n) is 8.47. The molecule has 2 aromatic carbocycles. The Kier molecular flexibility index (Phi) is 4.56. The largest absolute Gasteiger partial charge is 0.493 e. The molecule has 9 heteroatoms. The van der Waals surface area contributed by atoms with E-state index in [1.54, 1.807) is 38.1 Å². The summed E-state index contributed by atoms with van der Waals surface area (Å²) < 4.78 is 31.3. The second-order valence-electron chi connectivity index (χ2n) is 6.06. The van der Waals surface area contributed by atoms with Crippen molar-refractivity contribution in [3.05, 3.63) is 59.4 Å². The summed E-state index contributed by atoms with van der Waals surface area (Å²) in [7, 11) is 4.67. The van der Waals surface area contributed by atoms with Crippen LogP contribution < -0.4 is 19.5 Å². The number of rotatable bonds is 5. The van der Waals surface area contributed by atoms with Gasteiger partial charge in [-0.15, -0.1) is 0 Å². The van der Waals surface area contributed by atoms with E-state index in [0.29, 0.717) is 23.2 Å². The van der Waals surface area contributed by atoms with Crippen molar-refractivity contribution in [2.24, 2.45) is 0 Å². The van der Waals surface area contributed by atoms with E-state index >= 15 is 0 Å². The summed E-state index contributed by atoms with van der Waals surface area (Å²) in [6, 6.07) is 9.57. The molecule has 1 aliphatic heterocycles. The first-order valence-corrected chi connectivity index (χ1v) is 8.47. The fraction of sp³-hybridized carbons (Fsp3) is 0.211. The van der Waals surface area contributed by atoms with Crippen LogP contribution >= 0.6 is 0 Å². The Bertz CT molecular complexity index is 1010. The van der Waals surface area contributed by atoms with Crippen LogP contribution in [0.2, 0.25) is 0 Å². The van der Waals surface area contributed by atoms with Crippen molar-refractivity contribution in [2.45, 2.75) is 6.04 Å². The Balaban J connectivity index is 1.84. The molecule has 0 bridgehead atoms. The lowest BCUT2D eigenvalue weighted by Gasteiger charge is -2.24. The van der Waals surface area contributed by atoms with Gasteiger partial charge in [-0.2, -0.15) is 4.68 Å². The number of aromatic nitrogens is 4. The number of anilines is 1. The fourth-order valence-corrected chi connectivity index (χ4v) is 3.16. The van der Waals surface area contributed by atoms with E-state index in [-0.39, 0.29) is 11.9 Å². The van der Waals surface area contributed by atoms with Crippen molar-refractivity contribution in [1.82, 2.24) is 20.2 Å². The molecule has 0 aliphatic carbocycles. The normalized spacial score (nSPS) is 15.3. The van der Waals surface area contributed by atoms with Crippen LogP contribution in [0.15, 0.2) is 42.5 Å². The van der Waals surface area contributed by atoms with Crippen LogP contribution in [0.5, 0.6) is 17.2 Å². The maximum absolute atomic E-state index is 13.3. The zero-order valence-electron chi connectivity index (χ0n) is 15.5. The van der Waals surface area contributed by atoms with Crippen molar-refractivity contribution in [1.29, 1.82) is 0 Å². The molecule has 8 nitrogen and oxygen atoms in total. The van der Waals surface area contributed by atoms with Gasteiger partial charge < -0.3 is 19.5 Å². The first-order chi connectivity index (χ1) is 13.6. The number of benzene rings is 2. The molecule has 4 rings (SSSR count). The van der Waals surface area contributed by atoms with Crippen molar-refractivity contribution in [3.63, 3.8) is 0 Å². The third-order valence-electron chi connectivity index (χ3n) is 4.51. The van der Waals surface area contributed by atoms with Crippen molar-refractivity contribution >= 4 is 11.6 Å². The van der Waals surface area contributed by atoms with Crippen LogP contribution in [0.1, 0.15) is 17.2 Å². The van der Waals surface area contributed by atoms with Gasteiger partial charge in [0.2, 0.25) is 11.7 Å². The van der Waals surface area contributed by atoms with Crippen molar-refractivity contribution in [3.8, 4) is 17.2 Å². The molecule has 0 amide bonds. The molecule has 144 valence electrons. The molecule has 0 spiro atoms. The number of hydrogen-bond acceptors (Lipinski definition) is 7. The lowest BCUT2D eigenvalue weighted by molar-refractivity contribution is 0.323. The van der Waals surface area contributed by atoms with Crippen molar-refractivity contribution < 1.29 is 18.6 Å². The molecule has 0 fully saturated rings. The van der Waals surface area contributed by atoms with Crippen LogP contribution in [0.25, 0.3) is 5.70 Å². The number of hydrogen-bond donors (Lipinski definition) is 1. The number of ether oxygens (including phenoxy) is 3. The predicted octanol–water partition coefficient (Wildman–Crippen LogP) is 2.89. The number of nitrogens with one attached hydrogen (secondary N) is 1. The summed E-state index contributed by atoms with van der Waals surface area (Å²) in [5.74, 6) is 1.73. The van der Waals surface area contributed by atoms with Crippen molar-refractivity contribution in [2.75, 3.05) is 26.6 Å².